The van der Waals surface area contributed by atoms with E-state index in [4.69, 9.17) is 47.0 Å². The average Bonchev–Trinajstić information content (AvgIpc) is 3.32. The molecule has 0 amide bonds. The highest BCUT2D eigenvalue weighted by molar-refractivity contribution is 9.10. The summed E-state index contributed by atoms with van der Waals surface area (Å²) in [4.78, 5) is 0. The highest BCUT2D eigenvalue weighted by Crippen LogP contribution is 2.24. The molecule has 4 rings (SSSR count). The van der Waals surface area contributed by atoms with Crippen LogP contribution in [0.1, 0.15) is 11.1 Å². The number of aromatic nitrogens is 4. The molecule has 0 saturated carbocycles. The Morgan fingerprint density at radius 3 is 2.47 bits per heavy atom. The van der Waals surface area contributed by atoms with E-state index in [-0.39, 0.29) is 0 Å². The van der Waals surface area contributed by atoms with Crippen molar-refractivity contribution in [1.82, 2.24) is 19.6 Å². The van der Waals surface area contributed by atoms with E-state index in [1.165, 1.54) is 0 Å². The number of thiocarbonyl (C=S) groups is 1. The van der Waals surface area contributed by atoms with E-state index in [0.29, 0.717) is 39.1 Å². The van der Waals surface area contributed by atoms with Crippen LogP contribution in [0.25, 0.3) is 0 Å². The molecule has 0 spiro atoms. The first kappa shape index (κ1) is 23.1. The van der Waals surface area contributed by atoms with Gasteiger partial charge in [-0.3, -0.25) is 9.36 Å². The standard InChI is InChI=1S/C21H16BrCl3N6S/c22-17-12-31(10-13-3-1-2-4-18(13)24)29-20(17)28-21(32)27-16-8-26-30(11-16)9-14-5-6-15(23)7-19(14)25/h1-8,11-12H,9-10H2,(H2,27,28,29,32). The van der Waals surface area contributed by atoms with Gasteiger partial charge in [0.2, 0.25) is 0 Å². The Kier molecular flexibility index (Phi) is 7.37. The van der Waals surface area contributed by atoms with Gasteiger partial charge in [-0.15, -0.1) is 0 Å². The average molecular weight is 571 g/mol. The van der Waals surface area contributed by atoms with Crippen LogP contribution in [0.3, 0.4) is 0 Å². The molecule has 0 unspecified atom stereocenters. The molecule has 32 heavy (non-hydrogen) atoms. The molecular weight excluding hydrogens is 555 g/mol. The van der Waals surface area contributed by atoms with E-state index in [9.17, 15) is 0 Å². The first-order valence-electron chi connectivity index (χ1n) is 9.38. The van der Waals surface area contributed by atoms with Gasteiger partial charge in [-0.25, -0.2) is 0 Å². The molecule has 2 heterocycles. The Labute approximate surface area is 213 Å². The molecule has 2 aromatic carbocycles. The maximum atomic E-state index is 6.24. The number of halogens is 4. The molecule has 0 saturated heterocycles. The van der Waals surface area contributed by atoms with Crippen LogP contribution in [-0.2, 0) is 13.1 Å². The molecule has 6 nitrogen and oxygen atoms in total. The quantitative estimate of drug-likeness (QED) is 0.253. The third-order valence-electron chi connectivity index (χ3n) is 4.48. The zero-order valence-corrected chi connectivity index (χ0v) is 21.1. The Morgan fingerprint density at radius 2 is 1.69 bits per heavy atom. The Morgan fingerprint density at radius 1 is 0.938 bits per heavy atom. The summed E-state index contributed by atoms with van der Waals surface area (Å²) in [5.74, 6) is 0.592. The van der Waals surface area contributed by atoms with Gasteiger partial charge in [0.1, 0.15) is 0 Å². The molecule has 0 atom stereocenters. The molecule has 2 aromatic heterocycles. The lowest BCUT2D eigenvalue weighted by Crippen LogP contribution is -2.19. The minimum Gasteiger partial charge on any atom is -0.330 e. The van der Waals surface area contributed by atoms with Crippen molar-refractivity contribution < 1.29 is 0 Å². The van der Waals surface area contributed by atoms with Crippen LogP contribution in [0.5, 0.6) is 0 Å². The van der Waals surface area contributed by atoms with Crippen LogP contribution < -0.4 is 10.6 Å². The highest BCUT2D eigenvalue weighted by Gasteiger charge is 2.11. The van der Waals surface area contributed by atoms with E-state index in [2.05, 4.69) is 36.8 Å². The molecule has 0 aliphatic rings. The summed E-state index contributed by atoms with van der Waals surface area (Å²) in [6.45, 7) is 1.05. The second-order valence-corrected chi connectivity index (χ2v) is 9.37. The number of anilines is 2. The minimum absolute atomic E-state index is 0.387. The van der Waals surface area contributed by atoms with Crippen LogP contribution in [0.2, 0.25) is 15.1 Å². The largest absolute Gasteiger partial charge is 0.330 e. The summed E-state index contributed by atoms with van der Waals surface area (Å²) >= 11 is 27.4. The minimum atomic E-state index is 0.387. The fourth-order valence-corrected chi connectivity index (χ4v) is 4.27. The number of hydrogen-bond donors (Lipinski definition) is 2. The number of nitrogens with one attached hydrogen (secondary N) is 2. The first-order valence-corrected chi connectivity index (χ1v) is 11.7. The van der Waals surface area contributed by atoms with Crippen LogP contribution >= 0.6 is 63.0 Å². The van der Waals surface area contributed by atoms with Crippen molar-refractivity contribution in [1.29, 1.82) is 0 Å². The molecule has 0 fully saturated rings. The lowest BCUT2D eigenvalue weighted by atomic mass is 10.2. The molecule has 0 bridgehead atoms. The predicted molar refractivity (Wildman–Crippen MR) is 138 cm³/mol. The topological polar surface area (TPSA) is 59.7 Å². The molecule has 4 aromatic rings. The zero-order chi connectivity index (χ0) is 22.7. The van der Waals surface area contributed by atoms with Crippen molar-refractivity contribution in [2.75, 3.05) is 10.6 Å². The summed E-state index contributed by atoms with van der Waals surface area (Å²) in [7, 11) is 0. The van der Waals surface area contributed by atoms with Gasteiger partial charge in [0.15, 0.2) is 10.9 Å². The van der Waals surface area contributed by atoms with Crippen molar-refractivity contribution in [3.63, 3.8) is 0 Å². The number of nitrogens with zero attached hydrogens (tertiary/aromatic N) is 4. The predicted octanol–water partition coefficient (Wildman–Crippen LogP) is 6.71. The number of hydrogen-bond acceptors (Lipinski definition) is 3. The van der Waals surface area contributed by atoms with Crippen LogP contribution in [0, 0.1) is 0 Å². The normalized spacial score (nSPS) is 10.9. The van der Waals surface area contributed by atoms with E-state index >= 15 is 0 Å². The maximum absolute atomic E-state index is 6.24. The summed E-state index contributed by atoms with van der Waals surface area (Å²) in [5, 5.41) is 17.3. The first-order chi connectivity index (χ1) is 15.4. The third-order valence-corrected chi connectivity index (χ3v) is 6.22. The summed E-state index contributed by atoms with van der Waals surface area (Å²) in [6, 6.07) is 13.0. The molecule has 164 valence electrons. The monoisotopic (exact) mass is 568 g/mol. The van der Waals surface area contributed by atoms with Gasteiger partial charge in [0.05, 0.1) is 29.4 Å². The van der Waals surface area contributed by atoms with Crippen molar-refractivity contribution in [3.8, 4) is 0 Å². The summed E-state index contributed by atoms with van der Waals surface area (Å²) < 4.78 is 4.32. The van der Waals surface area contributed by atoms with Gasteiger partial charge in [-0.1, -0.05) is 59.1 Å². The van der Waals surface area contributed by atoms with Gasteiger partial charge in [-0.2, -0.15) is 10.2 Å². The highest BCUT2D eigenvalue weighted by atomic mass is 79.9. The van der Waals surface area contributed by atoms with E-state index in [1.807, 2.05) is 42.7 Å². The van der Waals surface area contributed by atoms with Gasteiger partial charge < -0.3 is 10.6 Å². The molecule has 0 radical (unpaired) electrons. The molecular formula is C21H16BrCl3N6S. The van der Waals surface area contributed by atoms with Gasteiger partial charge >= 0.3 is 0 Å². The van der Waals surface area contributed by atoms with Crippen molar-refractivity contribution in [3.05, 3.63) is 91.7 Å². The molecule has 11 heteroatoms. The summed E-state index contributed by atoms with van der Waals surface area (Å²) in [5.41, 5.74) is 2.63. The van der Waals surface area contributed by atoms with Gasteiger partial charge in [0, 0.05) is 27.5 Å². The van der Waals surface area contributed by atoms with Gasteiger partial charge in [-0.05, 0) is 57.5 Å². The SMILES string of the molecule is S=C(Nc1cnn(Cc2ccc(Cl)cc2Cl)c1)Nc1nn(Cc2ccccc2Cl)cc1Br. The van der Waals surface area contributed by atoms with Gasteiger partial charge in [0.25, 0.3) is 0 Å². The van der Waals surface area contributed by atoms with Crippen LogP contribution in [-0.4, -0.2) is 24.7 Å². The van der Waals surface area contributed by atoms with Crippen molar-refractivity contribution in [2.45, 2.75) is 13.1 Å². The maximum Gasteiger partial charge on any atom is 0.176 e. The fraction of sp³-hybridized carbons (Fsp3) is 0.0952. The lowest BCUT2D eigenvalue weighted by molar-refractivity contribution is 0.687. The fourth-order valence-electron chi connectivity index (χ4n) is 2.97. The molecule has 2 N–H and O–H groups in total. The Hall–Kier alpha value is -2.10. The lowest BCUT2D eigenvalue weighted by Gasteiger charge is -2.07. The second kappa shape index (κ2) is 10.2. The van der Waals surface area contributed by atoms with E-state index in [0.717, 1.165) is 21.3 Å². The zero-order valence-electron chi connectivity index (χ0n) is 16.4. The third kappa shape index (κ3) is 5.82. The second-order valence-electron chi connectivity index (χ2n) is 6.86. The van der Waals surface area contributed by atoms with Crippen molar-refractivity contribution in [2.24, 2.45) is 0 Å². The molecule has 0 aliphatic carbocycles. The number of benzene rings is 2. The van der Waals surface area contributed by atoms with E-state index in [1.54, 1.807) is 27.7 Å². The Balaban J connectivity index is 1.37. The molecule has 0 aliphatic heterocycles. The van der Waals surface area contributed by atoms with Crippen LogP contribution in [0.4, 0.5) is 11.5 Å². The van der Waals surface area contributed by atoms with Crippen LogP contribution in [0.15, 0.2) is 65.5 Å². The van der Waals surface area contributed by atoms with Crippen molar-refractivity contribution >= 4 is 79.6 Å². The summed E-state index contributed by atoms with van der Waals surface area (Å²) in [6.07, 6.45) is 5.38. The smallest absolute Gasteiger partial charge is 0.176 e. The Bertz CT molecular complexity index is 1270. The number of rotatable bonds is 6. The van der Waals surface area contributed by atoms with E-state index < -0.39 is 0 Å².